The third-order valence-electron chi connectivity index (χ3n) is 4.97. The lowest BCUT2D eigenvalue weighted by molar-refractivity contribution is 0.0779. The molecule has 1 aliphatic carbocycles. The molecule has 17 heavy (non-hydrogen) atoms. The minimum atomic E-state index is 0.200. The fourth-order valence-corrected chi connectivity index (χ4v) is 3.71. The van der Waals surface area contributed by atoms with E-state index in [-0.39, 0.29) is 6.04 Å². The first-order chi connectivity index (χ1) is 8.12. The number of rotatable bonds is 1. The third-order valence-corrected chi connectivity index (χ3v) is 4.97. The zero-order valence-electron chi connectivity index (χ0n) is 10.9. The minimum Gasteiger partial charge on any atom is -0.322 e. The molecule has 0 amide bonds. The summed E-state index contributed by atoms with van der Waals surface area (Å²) in [6.07, 6.45) is 6.78. The van der Waals surface area contributed by atoms with Gasteiger partial charge in [-0.1, -0.05) is 0 Å². The van der Waals surface area contributed by atoms with Crippen LogP contribution in [0.1, 0.15) is 39.5 Å². The fraction of sp³-hybridized carbons (Fsp3) is 0.786. The Labute approximate surface area is 104 Å². The second-order valence-electron chi connectivity index (χ2n) is 6.15. The molecule has 0 aromatic heterocycles. The van der Waals surface area contributed by atoms with Crippen molar-refractivity contribution in [3.8, 4) is 0 Å². The van der Waals surface area contributed by atoms with Gasteiger partial charge in [0, 0.05) is 18.7 Å². The quantitative estimate of drug-likeness (QED) is 0.752. The largest absolute Gasteiger partial charge is 0.322 e. The van der Waals surface area contributed by atoms with Gasteiger partial charge in [-0.15, -0.1) is 0 Å². The van der Waals surface area contributed by atoms with Crippen LogP contribution >= 0.6 is 0 Å². The number of likely N-dealkylation sites (tertiary alicyclic amines) is 1. The normalized spacial score (nSPS) is 31.9. The summed E-state index contributed by atoms with van der Waals surface area (Å²) in [5.41, 5.74) is 9.55. The molecule has 0 unspecified atom stereocenters. The maximum Gasteiger partial charge on any atom is 0.0568 e. The van der Waals surface area contributed by atoms with Gasteiger partial charge in [-0.3, -0.25) is 4.99 Å². The van der Waals surface area contributed by atoms with Crippen LogP contribution in [0.15, 0.2) is 16.3 Å². The van der Waals surface area contributed by atoms with E-state index in [1.807, 2.05) is 6.21 Å². The van der Waals surface area contributed by atoms with Crippen molar-refractivity contribution in [1.82, 2.24) is 4.90 Å². The molecule has 1 saturated heterocycles. The highest BCUT2D eigenvalue weighted by molar-refractivity contribution is 5.69. The molecule has 2 aliphatic heterocycles. The summed E-state index contributed by atoms with van der Waals surface area (Å²) < 4.78 is 0. The maximum atomic E-state index is 6.46. The molecule has 0 saturated carbocycles. The van der Waals surface area contributed by atoms with Crippen molar-refractivity contribution in [2.24, 2.45) is 16.1 Å². The van der Waals surface area contributed by atoms with Gasteiger partial charge < -0.3 is 10.6 Å². The molecule has 94 valence electrons. The van der Waals surface area contributed by atoms with Crippen LogP contribution in [0, 0.1) is 5.41 Å². The molecule has 3 aliphatic rings. The van der Waals surface area contributed by atoms with E-state index >= 15 is 0 Å². The lowest BCUT2D eigenvalue weighted by Gasteiger charge is -2.44. The van der Waals surface area contributed by atoms with E-state index in [0.717, 1.165) is 6.42 Å². The van der Waals surface area contributed by atoms with Crippen LogP contribution in [-0.4, -0.2) is 36.3 Å². The molecule has 0 aromatic carbocycles. The molecule has 0 aromatic rings. The molecular formula is C14H23N3. The van der Waals surface area contributed by atoms with Crippen molar-refractivity contribution in [1.29, 1.82) is 0 Å². The van der Waals surface area contributed by atoms with Crippen molar-refractivity contribution in [2.45, 2.75) is 51.6 Å². The highest BCUT2D eigenvalue weighted by atomic mass is 15.2. The second-order valence-corrected chi connectivity index (χ2v) is 6.15. The molecule has 0 radical (unpaired) electrons. The van der Waals surface area contributed by atoms with Gasteiger partial charge in [0.2, 0.25) is 0 Å². The van der Waals surface area contributed by atoms with E-state index in [1.165, 1.54) is 43.6 Å². The Morgan fingerprint density at radius 3 is 2.71 bits per heavy atom. The lowest BCUT2D eigenvalue weighted by Crippen LogP contribution is -2.49. The molecule has 1 fully saturated rings. The van der Waals surface area contributed by atoms with Gasteiger partial charge in [0.15, 0.2) is 0 Å². The first-order valence-electron chi connectivity index (χ1n) is 6.86. The van der Waals surface area contributed by atoms with Gasteiger partial charge in [0.05, 0.1) is 11.7 Å². The zero-order valence-corrected chi connectivity index (χ0v) is 10.9. The molecule has 2 N–H and O–H groups in total. The van der Waals surface area contributed by atoms with Crippen LogP contribution < -0.4 is 5.73 Å². The predicted octanol–water partition coefficient (Wildman–Crippen LogP) is 1.94. The number of nitrogens with two attached hydrogens (primary N) is 1. The summed E-state index contributed by atoms with van der Waals surface area (Å²) in [6.45, 7) is 6.98. The summed E-state index contributed by atoms with van der Waals surface area (Å²) in [5, 5.41) is 0. The van der Waals surface area contributed by atoms with Crippen LogP contribution in [0.25, 0.3) is 0 Å². The number of aliphatic imine (C=N–C) groups is 1. The van der Waals surface area contributed by atoms with Gasteiger partial charge in [0.25, 0.3) is 0 Å². The summed E-state index contributed by atoms with van der Waals surface area (Å²) in [5.74, 6) is 0. The molecule has 3 rings (SSSR count). The van der Waals surface area contributed by atoms with Crippen molar-refractivity contribution < 1.29 is 0 Å². The van der Waals surface area contributed by atoms with Gasteiger partial charge in [-0.05, 0) is 57.2 Å². The van der Waals surface area contributed by atoms with E-state index < -0.39 is 0 Å². The van der Waals surface area contributed by atoms with Gasteiger partial charge in [0.1, 0.15) is 0 Å². The summed E-state index contributed by atoms with van der Waals surface area (Å²) in [4.78, 5) is 7.07. The smallest absolute Gasteiger partial charge is 0.0568 e. The Kier molecular flexibility index (Phi) is 2.64. The number of nitrogens with zero attached hydrogens (tertiary/aromatic N) is 2. The van der Waals surface area contributed by atoms with Crippen molar-refractivity contribution >= 4 is 6.21 Å². The van der Waals surface area contributed by atoms with Crippen LogP contribution in [0.2, 0.25) is 0 Å². The molecule has 3 nitrogen and oxygen atoms in total. The summed E-state index contributed by atoms with van der Waals surface area (Å²) in [6, 6.07) is 0.869. The van der Waals surface area contributed by atoms with Crippen LogP contribution in [-0.2, 0) is 0 Å². The molecule has 1 atom stereocenters. The Bertz CT molecular complexity index is 373. The van der Waals surface area contributed by atoms with Crippen molar-refractivity contribution in [2.75, 3.05) is 13.1 Å². The van der Waals surface area contributed by atoms with E-state index in [4.69, 9.17) is 5.73 Å². The van der Waals surface area contributed by atoms with Gasteiger partial charge >= 0.3 is 0 Å². The van der Waals surface area contributed by atoms with Crippen LogP contribution in [0.5, 0.6) is 0 Å². The number of piperidine rings is 1. The summed E-state index contributed by atoms with van der Waals surface area (Å²) >= 11 is 0. The number of hydrogen-bond acceptors (Lipinski definition) is 3. The Balaban J connectivity index is 1.73. The van der Waals surface area contributed by atoms with Gasteiger partial charge in [-0.2, -0.15) is 0 Å². The Hall–Kier alpha value is -0.670. The van der Waals surface area contributed by atoms with E-state index in [9.17, 15) is 0 Å². The number of hydrogen-bond donors (Lipinski definition) is 1. The first-order valence-corrected chi connectivity index (χ1v) is 6.86. The first kappa shape index (κ1) is 11.4. The third kappa shape index (κ3) is 1.67. The van der Waals surface area contributed by atoms with Gasteiger partial charge in [-0.25, -0.2) is 0 Å². The zero-order chi connectivity index (χ0) is 12.0. The second kappa shape index (κ2) is 3.92. The van der Waals surface area contributed by atoms with E-state index in [0.29, 0.717) is 11.5 Å². The molecular weight excluding hydrogens is 210 g/mol. The molecule has 1 spiro atoms. The van der Waals surface area contributed by atoms with E-state index in [2.05, 4.69) is 23.7 Å². The maximum absolute atomic E-state index is 6.46. The molecule has 0 bridgehead atoms. The van der Waals surface area contributed by atoms with Crippen molar-refractivity contribution in [3.05, 3.63) is 11.3 Å². The minimum absolute atomic E-state index is 0.200. The highest BCUT2D eigenvalue weighted by Gasteiger charge is 2.47. The van der Waals surface area contributed by atoms with Crippen molar-refractivity contribution in [3.63, 3.8) is 0 Å². The van der Waals surface area contributed by atoms with Crippen LogP contribution in [0.4, 0.5) is 0 Å². The average molecular weight is 233 g/mol. The highest BCUT2D eigenvalue weighted by Crippen LogP contribution is 2.50. The number of allylic oxidation sites excluding steroid dienone is 1. The average Bonchev–Trinajstić information content (AvgIpc) is 2.84. The molecule has 2 heterocycles. The SMILES string of the molecule is CC(C)N1CCC2(CC1)CC1=C(N=CC1)[C@H]2N. The van der Waals surface area contributed by atoms with Crippen LogP contribution in [0.3, 0.4) is 0 Å². The fourth-order valence-electron chi connectivity index (χ4n) is 3.71. The predicted molar refractivity (Wildman–Crippen MR) is 71.1 cm³/mol. The Morgan fingerprint density at radius 1 is 1.41 bits per heavy atom. The monoisotopic (exact) mass is 233 g/mol. The lowest BCUT2D eigenvalue weighted by atomic mass is 9.72. The molecule has 3 heteroatoms. The summed E-state index contributed by atoms with van der Waals surface area (Å²) in [7, 11) is 0. The topological polar surface area (TPSA) is 41.6 Å². The Morgan fingerprint density at radius 2 is 2.12 bits per heavy atom. The standard InChI is InChI=1S/C14H23N3/c1-10(2)17-7-4-14(5-8-17)9-11-3-6-16-12(11)13(14)15/h6,10,13H,3-5,7-9,15H2,1-2H3/t13-/m1/s1. The van der Waals surface area contributed by atoms with E-state index in [1.54, 1.807) is 0 Å².